The van der Waals surface area contributed by atoms with Gasteiger partial charge in [-0.25, -0.2) is 4.39 Å². The number of aromatic nitrogens is 1. The summed E-state index contributed by atoms with van der Waals surface area (Å²) in [5, 5.41) is 0. The highest BCUT2D eigenvalue weighted by molar-refractivity contribution is 5.99. The molecular weight excluding hydrogens is 655 g/mol. The molecule has 0 saturated carbocycles. The van der Waals surface area contributed by atoms with Crippen LogP contribution in [0.3, 0.4) is 0 Å². The molecule has 4 rings (SSSR count). The quantitative estimate of drug-likeness (QED) is 0.106. The molecule has 1 aromatic carbocycles. The van der Waals surface area contributed by atoms with Gasteiger partial charge in [-0.05, 0) is 92.2 Å². The van der Waals surface area contributed by atoms with Crippen LogP contribution in [0.15, 0.2) is 84.8 Å². The third-order valence-corrected chi connectivity index (χ3v) is 8.21. The number of benzene rings is 1. The van der Waals surface area contributed by atoms with Crippen LogP contribution in [0.4, 0.5) is 4.39 Å². The Bertz CT molecular complexity index is 1770. The maximum Gasteiger partial charge on any atom is 0.308 e. The number of hydrogen-bond donors (Lipinski definition) is 0. The number of nitrogens with zero attached hydrogens (tertiary/aromatic N) is 2. The fourth-order valence-corrected chi connectivity index (χ4v) is 6.08. The van der Waals surface area contributed by atoms with Crippen molar-refractivity contribution < 1.29 is 28.2 Å². The van der Waals surface area contributed by atoms with E-state index in [4.69, 9.17) is 20.6 Å². The molecule has 2 heterocycles. The average Bonchev–Trinajstić information content (AvgIpc) is 3.17. The van der Waals surface area contributed by atoms with E-state index in [1.165, 1.54) is 12.1 Å². The van der Waals surface area contributed by atoms with E-state index in [0.717, 1.165) is 12.0 Å². The third kappa shape index (κ3) is 11.7. The van der Waals surface area contributed by atoms with Crippen LogP contribution >= 0.6 is 0 Å². The Morgan fingerprint density at radius 2 is 1.79 bits per heavy atom. The minimum atomic E-state index is -0.958. The van der Waals surface area contributed by atoms with E-state index in [1.807, 2.05) is 134 Å². The molecule has 2 aliphatic rings. The fourth-order valence-electron chi connectivity index (χ4n) is 6.08. The van der Waals surface area contributed by atoms with Crippen molar-refractivity contribution >= 4 is 23.9 Å². The summed E-state index contributed by atoms with van der Waals surface area (Å²) in [6, 6.07) is 6.03. The van der Waals surface area contributed by atoms with E-state index < -0.39 is 23.6 Å². The Hall–Kier alpha value is -4.71. The Labute approximate surface area is 310 Å². The van der Waals surface area contributed by atoms with Gasteiger partial charge in [0, 0.05) is 54.6 Å². The van der Waals surface area contributed by atoms with Gasteiger partial charge in [-0.15, -0.1) is 6.42 Å². The maximum absolute atomic E-state index is 14.2. The number of ether oxygens (including phenoxy) is 3. The molecule has 0 spiro atoms. The first-order valence-corrected chi connectivity index (χ1v) is 17.8. The minimum absolute atomic E-state index is 0.0862. The van der Waals surface area contributed by atoms with E-state index in [9.17, 15) is 14.0 Å². The molecule has 2 atom stereocenters. The molecule has 1 aliphatic heterocycles. The number of terminal acetylenes is 1. The molecule has 1 saturated heterocycles. The largest absolute Gasteiger partial charge is 0.460 e. The van der Waals surface area contributed by atoms with Crippen LogP contribution in [-0.4, -0.2) is 52.4 Å². The Balaban J connectivity index is 0.00000173. The van der Waals surface area contributed by atoms with Gasteiger partial charge in [0.15, 0.2) is 12.1 Å². The highest BCUT2D eigenvalue weighted by Gasteiger charge is 2.36. The first-order chi connectivity index (χ1) is 24.5. The Kier molecular flexibility index (Phi) is 15.0. The summed E-state index contributed by atoms with van der Waals surface area (Å²) >= 11 is 0. The zero-order valence-corrected chi connectivity index (χ0v) is 32.4. The van der Waals surface area contributed by atoms with Crippen LogP contribution in [0.5, 0.6) is 0 Å². The molecule has 0 radical (unpaired) electrons. The lowest BCUT2D eigenvalue weighted by Gasteiger charge is -2.39. The fraction of sp³-hybridized carbons (Fsp3) is 0.409. The average molecular weight is 711 g/mol. The smallest absolute Gasteiger partial charge is 0.308 e. The molecule has 1 aliphatic carbocycles. The SMILES string of the molecule is C#C/C(=C/N(C)C1=CC=CC=CC1)c1c(-c2ccc(F)cc2)c(/C=C/C2CC(CC(=O)OC(C)(C)C)OC(C)(C)O2)n(C(C)C)c1C=O.C/C=C\C. The molecule has 8 heteroatoms. The molecule has 1 fully saturated rings. The second-order valence-electron chi connectivity index (χ2n) is 14.4. The number of aldehydes is 1. The summed E-state index contributed by atoms with van der Waals surface area (Å²) in [7, 11) is 1.92. The molecule has 7 nitrogen and oxygen atoms in total. The van der Waals surface area contributed by atoms with Crippen LogP contribution in [0.25, 0.3) is 22.8 Å². The molecule has 2 aromatic rings. The number of carbonyl (C=O) groups excluding carboxylic acids is 2. The summed E-state index contributed by atoms with van der Waals surface area (Å²) in [6.07, 6.45) is 27.1. The number of halogens is 1. The topological polar surface area (TPSA) is 70.0 Å². The maximum atomic E-state index is 14.2. The van der Waals surface area contributed by atoms with Crippen molar-refractivity contribution in [2.24, 2.45) is 0 Å². The van der Waals surface area contributed by atoms with Crippen molar-refractivity contribution in [1.82, 2.24) is 9.47 Å². The molecule has 1 aromatic heterocycles. The van der Waals surface area contributed by atoms with Gasteiger partial charge in [-0.1, -0.05) is 60.6 Å². The highest BCUT2D eigenvalue weighted by atomic mass is 19.1. The molecule has 52 heavy (non-hydrogen) atoms. The van der Waals surface area contributed by atoms with Gasteiger partial charge in [-0.3, -0.25) is 9.59 Å². The highest BCUT2D eigenvalue weighted by Crippen LogP contribution is 2.40. The lowest BCUT2D eigenvalue weighted by Crippen LogP contribution is -2.45. The summed E-state index contributed by atoms with van der Waals surface area (Å²) in [6.45, 7) is 17.1. The predicted octanol–water partition coefficient (Wildman–Crippen LogP) is 10.2. The zero-order chi connectivity index (χ0) is 38.6. The second kappa shape index (κ2) is 18.7. The first kappa shape index (κ1) is 41.7. The minimum Gasteiger partial charge on any atom is -0.460 e. The Morgan fingerprint density at radius 1 is 1.12 bits per heavy atom. The van der Waals surface area contributed by atoms with Crippen LogP contribution in [-0.2, 0) is 19.0 Å². The van der Waals surface area contributed by atoms with Crippen LogP contribution in [0, 0.1) is 18.2 Å². The monoisotopic (exact) mass is 710 g/mol. The van der Waals surface area contributed by atoms with Gasteiger partial charge < -0.3 is 23.7 Å². The number of hydrogen-bond acceptors (Lipinski definition) is 6. The van der Waals surface area contributed by atoms with Crippen LogP contribution in [0.1, 0.15) is 109 Å². The van der Waals surface area contributed by atoms with E-state index in [-0.39, 0.29) is 24.2 Å². The van der Waals surface area contributed by atoms with Crippen LogP contribution in [0.2, 0.25) is 0 Å². The molecule has 0 bridgehead atoms. The lowest BCUT2D eigenvalue weighted by molar-refractivity contribution is -0.290. The number of allylic oxidation sites excluding steroid dienone is 8. The van der Waals surface area contributed by atoms with Gasteiger partial charge in [0.1, 0.15) is 11.4 Å². The van der Waals surface area contributed by atoms with E-state index >= 15 is 0 Å². The summed E-state index contributed by atoms with van der Waals surface area (Å²) < 4.78 is 34.1. The second-order valence-corrected chi connectivity index (χ2v) is 14.4. The van der Waals surface area contributed by atoms with Gasteiger partial charge >= 0.3 is 5.97 Å². The predicted molar refractivity (Wildman–Crippen MR) is 210 cm³/mol. The Morgan fingerprint density at radius 3 is 2.37 bits per heavy atom. The van der Waals surface area contributed by atoms with E-state index in [0.29, 0.717) is 46.5 Å². The van der Waals surface area contributed by atoms with Crippen molar-refractivity contribution in [3.8, 4) is 23.5 Å². The van der Waals surface area contributed by atoms with Crippen molar-refractivity contribution in [3.05, 3.63) is 108 Å². The summed E-state index contributed by atoms with van der Waals surface area (Å²) in [5.41, 5.74) is 4.03. The molecule has 2 unspecified atom stereocenters. The number of carbonyl (C=O) groups is 2. The van der Waals surface area contributed by atoms with Gasteiger partial charge in [0.05, 0.1) is 29.9 Å². The standard InChI is InChI=1S/C40H47FN2O5.C4H8/c1-10-28(25-42(9)31-15-13-11-12-14-16-31)37-35(26-44)43(27(2)3)34(38(37)29-17-19-30(41)20-18-29)22-21-32-23-33(47-40(7,8)46-32)24-36(45)48-39(4,5)6;1-3-4-2/h1,11-15,17-22,25-27,32-33H,16,23-24H2,2-9H3;3-4H,1-2H3/b22-21+,28-25-;4-3-. The molecular formula is C44H55FN2O5. The normalized spacial score (nSPS) is 18.8. The third-order valence-electron chi connectivity index (χ3n) is 8.21. The summed E-state index contributed by atoms with van der Waals surface area (Å²) in [5.74, 6) is 1.16. The zero-order valence-electron chi connectivity index (χ0n) is 32.4. The van der Waals surface area contributed by atoms with Crippen LogP contribution < -0.4 is 0 Å². The lowest BCUT2D eigenvalue weighted by atomic mass is 9.94. The summed E-state index contributed by atoms with van der Waals surface area (Å²) in [4.78, 5) is 27.6. The van der Waals surface area contributed by atoms with Gasteiger partial charge in [0.2, 0.25) is 0 Å². The van der Waals surface area contributed by atoms with Crippen molar-refractivity contribution in [2.45, 2.75) is 111 Å². The van der Waals surface area contributed by atoms with Crippen molar-refractivity contribution in [2.75, 3.05) is 7.05 Å². The van der Waals surface area contributed by atoms with Gasteiger partial charge in [0.25, 0.3) is 0 Å². The molecule has 278 valence electrons. The van der Waals surface area contributed by atoms with Crippen molar-refractivity contribution in [1.29, 1.82) is 0 Å². The number of esters is 1. The van der Waals surface area contributed by atoms with Crippen molar-refractivity contribution in [3.63, 3.8) is 0 Å². The molecule has 0 amide bonds. The van der Waals surface area contributed by atoms with E-state index in [1.54, 1.807) is 12.1 Å². The van der Waals surface area contributed by atoms with Gasteiger partial charge in [-0.2, -0.15) is 0 Å². The van der Waals surface area contributed by atoms with E-state index in [2.05, 4.69) is 12.0 Å². The first-order valence-electron chi connectivity index (χ1n) is 17.8. The number of rotatable bonds is 10. The molecule has 0 N–H and O–H groups in total.